The van der Waals surface area contributed by atoms with Gasteiger partial charge in [-0.25, -0.2) is 0 Å². The maximum atomic E-state index is 9.58. The van der Waals surface area contributed by atoms with E-state index in [9.17, 15) is 10.2 Å². The lowest BCUT2D eigenvalue weighted by Gasteiger charge is -2.20. The molecule has 3 unspecified atom stereocenters. The van der Waals surface area contributed by atoms with Crippen molar-refractivity contribution in [3.05, 3.63) is 28.8 Å². The van der Waals surface area contributed by atoms with Crippen LogP contribution in [-0.2, 0) is 0 Å². The van der Waals surface area contributed by atoms with Gasteiger partial charge in [0.1, 0.15) is 11.9 Å². The zero-order chi connectivity index (χ0) is 12.3. The van der Waals surface area contributed by atoms with Gasteiger partial charge in [-0.2, -0.15) is 0 Å². The fourth-order valence-corrected chi connectivity index (χ4v) is 1.43. The second kappa shape index (κ2) is 5.53. The molecule has 0 fully saturated rings. The number of rotatable bonds is 4. The van der Waals surface area contributed by atoms with Gasteiger partial charge < -0.3 is 14.9 Å². The predicted molar refractivity (Wildman–Crippen MR) is 63.9 cm³/mol. The lowest BCUT2D eigenvalue weighted by Crippen LogP contribution is -2.26. The molecule has 1 aromatic rings. The molecule has 0 aliphatic carbocycles. The van der Waals surface area contributed by atoms with Crippen molar-refractivity contribution < 1.29 is 14.9 Å². The summed E-state index contributed by atoms with van der Waals surface area (Å²) < 4.78 is 5.55. The number of hydrogen-bond donors (Lipinski definition) is 2. The van der Waals surface area contributed by atoms with Crippen molar-refractivity contribution in [1.29, 1.82) is 0 Å². The molecule has 1 aromatic carbocycles. The van der Waals surface area contributed by atoms with Gasteiger partial charge in [0, 0.05) is 10.6 Å². The Morgan fingerprint density at radius 1 is 1.19 bits per heavy atom. The van der Waals surface area contributed by atoms with Gasteiger partial charge in [-0.15, -0.1) is 0 Å². The zero-order valence-electron chi connectivity index (χ0n) is 9.64. The van der Waals surface area contributed by atoms with Crippen LogP contribution in [0.3, 0.4) is 0 Å². The molecule has 16 heavy (non-hydrogen) atoms. The number of benzene rings is 1. The molecule has 2 N–H and O–H groups in total. The monoisotopic (exact) mass is 244 g/mol. The van der Waals surface area contributed by atoms with Crippen LogP contribution in [0.15, 0.2) is 18.2 Å². The number of aliphatic hydroxyl groups excluding tert-OH is 2. The minimum absolute atomic E-state index is 0.335. The van der Waals surface area contributed by atoms with Crippen LogP contribution in [-0.4, -0.2) is 22.4 Å². The summed E-state index contributed by atoms with van der Waals surface area (Å²) in [6.07, 6.45) is -1.56. The van der Waals surface area contributed by atoms with Crippen molar-refractivity contribution in [3.63, 3.8) is 0 Å². The molecule has 3 atom stereocenters. The molecular weight excluding hydrogens is 228 g/mol. The van der Waals surface area contributed by atoms with Gasteiger partial charge in [0.05, 0.1) is 12.2 Å². The summed E-state index contributed by atoms with van der Waals surface area (Å²) in [5, 5.41) is 19.5. The van der Waals surface area contributed by atoms with E-state index in [1.807, 2.05) is 0 Å². The maximum Gasteiger partial charge on any atom is 0.125 e. The summed E-state index contributed by atoms with van der Waals surface area (Å²) in [5.74, 6) is 0.549. The normalized spacial score (nSPS) is 16.6. The van der Waals surface area contributed by atoms with E-state index in [4.69, 9.17) is 16.3 Å². The molecule has 0 spiro atoms. The average molecular weight is 245 g/mol. The van der Waals surface area contributed by atoms with Crippen molar-refractivity contribution in [2.45, 2.75) is 39.1 Å². The van der Waals surface area contributed by atoms with E-state index >= 15 is 0 Å². The highest BCUT2D eigenvalue weighted by Crippen LogP contribution is 2.29. The number of aliphatic hydroxyl groups is 2. The van der Waals surface area contributed by atoms with Crippen LogP contribution in [0.2, 0.25) is 5.02 Å². The first kappa shape index (κ1) is 13.3. The molecular formula is C12H17ClO3. The Kier molecular flexibility index (Phi) is 4.59. The van der Waals surface area contributed by atoms with E-state index in [1.54, 1.807) is 39.0 Å². The second-order valence-electron chi connectivity index (χ2n) is 3.92. The van der Waals surface area contributed by atoms with Gasteiger partial charge >= 0.3 is 0 Å². The van der Waals surface area contributed by atoms with Crippen LogP contribution in [0.1, 0.15) is 32.4 Å². The molecule has 3 nitrogen and oxygen atoms in total. The van der Waals surface area contributed by atoms with Gasteiger partial charge in [0.2, 0.25) is 0 Å². The van der Waals surface area contributed by atoms with Crippen molar-refractivity contribution >= 4 is 11.6 Å². The Balaban J connectivity index is 2.95. The molecule has 0 aliphatic rings. The lowest BCUT2D eigenvalue weighted by atomic mass is 10.1. The molecule has 0 saturated heterocycles. The van der Waals surface area contributed by atoms with E-state index < -0.39 is 12.2 Å². The van der Waals surface area contributed by atoms with Crippen molar-refractivity contribution in [2.24, 2.45) is 0 Å². The molecule has 0 amide bonds. The van der Waals surface area contributed by atoms with Gasteiger partial charge in [-0.1, -0.05) is 11.6 Å². The molecule has 0 aliphatic heterocycles. The summed E-state index contributed by atoms with van der Waals surface area (Å²) in [6, 6.07) is 5.05. The molecule has 0 bridgehead atoms. The number of hydrogen-bond acceptors (Lipinski definition) is 3. The largest absolute Gasteiger partial charge is 0.488 e. The molecule has 0 heterocycles. The number of ether oxygens (including phenoxy) is 1. The van der Waals surface area contributed by atoms with Crippen LogP contribution in [0.5, 0.6) is 5.75 Å². The fourth-order valence-electron chi connectivity index (χ4n) is 1.25. The van der Waals surface area contributed by atoms with Crippen LogP contribution in [0, 0.1) is 0 Å². The quantitative estimate of drug-likeness (QED) is 0.856. The fraction of sp³-hybridized carbons (Fsp3) is 0.500. The van der Waals surface area contributed by atoms with E-state index in [0.717, 1.165) is 0 Å². The highest BCUT2D eigenvalue weighted by Gasteiger charge is 2.15. The van der Waals surface area contributed by atoms with Crippen LogP contribution < -0.4 is 4.74 Å². The van der Waals surface area contributed by atoms with Gasteiger partial charge in [-0.05, 0) is 39.0 Å². The molecule has 90 valence electrons. The van der Waals surface area contributed by atoms with Crippen molar-refractivity contribution in [3.8, 4) is 5.75 Å². The van der Waals surface area contributed by atoms with Crippen LogP contribution in [0.25, 0.3) is 0 Å². The highest BCUT2D eigenvalue weighted by atomic mass is 35.5. The van der Waals surface area contributed by atoms with E-state index in [-0.39, 0.29) is 6.10 Å². The molecule has 0 saturated carbocycles. The zero-order valence-corrected chi connectivity index (χ0v) is 10.4. The summed E-state index contributed by atoms with van der Waals surface area (Å²) >= 11 is 5.84. The number of halogens is 1. The minimum Gasteiger partial charge on any atom is -0.488 e. The van der Waals surface area contributed by atoms with E-state index in [1.165, 1.54) is 0 Å². The Hall–Kier alpha value is -0.770. The third-order valence-corrected chi connectivity index (χ3v) is 2.65. The molecule has 0 radical (unpaired) electrons. The van der Waals surface area contributed by atoms with Gasteiger partial charge in [-0.3, -0.25) is 0 Å². The summed E-state index contributed by atoms with van der Waals surface area (Å²) in [4.78, 5) is 0. The Morgan fingerprint density at radius 2 is 1.81 bits per heavy atom. The predicted octanol–water partition coefficient (Wildman–Crippen LogP) is 2.54. The molecule has 1 rings (SSSR count). The Morgan fingerprint density at radius 3 is 2.31 bits per heavy atom. The average Bonchev–Trinajstić information content (AvgIpc) is 2.20. The van der Waals surface area contributed by atoms with Crippen molar-refractivity contribution in [1.82, 2.24) is 0 Å². The summed E-state index contributed by atoms with van der Waals surface area (Å²) in [6.45, 7) is 5.07. The highest BCUT2D eigenvalue weighted by molar-refractivity contribution is 6.30. The first-order chi connectivity index (χ1) is 7.41. The van der Waals surface area contributed by atoms with Gasteiger partial charge in [0.15, 0.2) is 0 Å². The lowest BCUT2D eigenvalue weighted by molar-refractivity contribution is 0.0578. The van der Waals surface area contributed by atoms with Crippen molar-refractivity contribution in [2.75, 3.05) is 0 Å². The first-order valence-electron chi connectivity index (χ1n) is 5.24. The smallest absolute Gasteiger partial charge is 0.125 e. The summed E-state index contributed by atoms with van der Waals surface area (Å²) in [5.41, 5.74) is 0.625. The minimum atomic E-state index is -0.658. The second-order valence-corrected chi connectivity index (χ2v) is 4.36. The summed E-state index contributed by atoms with van der Waals surface area (Å²) in [7, 11) is 0. The molecule has 4 heteroatoms. The standard InChI is InChI=1S/C12H17ClO3/c1-7(14)9(3)16-12-5-4-10(13)6-11(12)8(2)15/h4-9,14-15H,1-3H3. The van der Waals surface area contributed by atoms with Crippen LogP contribution in [0.4, 0.5) is 0 Å². The van der Waals surface area contributed by atoms with E-state index in [0.29, 0.717) is 16.3 Å². The van der Waals surface area contributed by atoms with Gasteiger partial charge in [0.25, 0.3) is 0 Å². The topological polar surface area (TPSA) is 49.7 Å². The third-order valence-electron chi connectivity index (χ3n) is 2.41. The Bertz CT molecular complexity index is 350. The third kappa shape index (κ3) is 3.37. The van der Waals surface area contributed by atoms with E-state index in [2.05, 4.69) is 0 Å². The maximum absolute atomic E-state index is 9.58. The Labute approximate surface area is 101 Å². The first-order valence-corrected chi connectivity index (χ1v) is 5.62. The molecule has 0 aromatic heterocycles. The van der Waals surface area contributed by atoms with Crippen LogP contribution >= 0.6 is 11.6 Å². The SMILES string of the molecule is CC(O)c1cc(Cl)ccc1OC(C)C(C)O.